The van der Waals surface area contributed by atoms with Crippen LogP contribution in [0.15, 0.2) is 35.8 Å². The fraction of sp³-hybridized carbons (Fsp3) is 0.308. The van der Waals surface area contributed by atoms with Gasteiger partial charge < -0.3 is 5.32 Å². The monoisotopic (exact) mass is 232 g/mol. The summed E-state index contributed by atoms with van der Waals surface area (Å²) in [7, 11) is 0. The van der Waals surface area contributed by atoms with E-state index in [1.165, 1.54) is 10.4 Å². The molecule has 16 heavy (non-hydrogen) atoms. The van der Waals surface area contributed by atoms with Crippen molar-refractivity contribution in [2.75, 3.05) is 0 Å². The molecule has 0 spiro atoms. The number of aromatic nitrogens is 1. The van der Waals surface area contributed by atoms with Crippen LogP contribution in [0.3, 0.4) is 0 Å². The first kappa shape index (κ1) is 11.3. The van der Waals surface area contributed by atoms with Gasteiger partial charge in [0.05, 0.1) is 11.2 Å². The molecule has 2 nitrogen and oxygen atoms in total. The molecule has 0 aliphatic heterocycles. The van der Waals surface area contributed by atoms with Crippen LogP contribution in [-0.2, 0) is 6.54 Å². The summed E-state index contributed by atoms with van der Waals surface area (Å²) < 4.78 is 0. The van der Waals surface area contributed by atoms with Crippen LogP contribution in [0.2, 0.25) is 0 Å². The Morgan fingerprint density at radius 1 is 1.31 bits per heavy atom. The van der Waals surface area contributed by atoms with E-state index >= 15 is 0 Å². The van der Waals surface area contributed by atoms with E-state index in [4.69, 9.17) is 0 Å². The SMILES string of the molecule is Cc1ncsc1C(C)NCc1ccccc1. The Bertz CT molecular complexity index is 436. The van der Waals surface area contributed by atoms with Crippen molar-refractivity contribution in [3.8, 4) is 0 Å². The van der Waals surface area contributed by atoms with Crippen molar-refractivity contribution in [3.63, 3.8) is 0 Å². The summed E-state index contributed by atoms with van der Waals surface area (Å²) in [5, 5.41) is 3.51. The molecular weight excluding hydrogens is 216 g/mol. The summed E-state index contributed by atoms with van der Waals surface area (Å²) in [5.74, 6) is 0. The van der Waals surface area contributed by atoms with Gasteiger partial charge in [0.15, 0.2) is 0 Å². The molecule has 0 saturated carbocycles. The van der Waals surface area contributed by atoms with Crippen LogP contribution in [0.25, 0.3) is 0 Å². The molecule has 1 aromatic carbocycles. The highest BCUT2D eigenvalue weighted by atomic mass is 32.1. The molecule has 1 aromatic heterocycles. The molecule has 0 fully saturated rings. The fourth-order valence-corrected chi connectivity index (χ4v) is 2.52. The van der Waals surface area contributed by atoms with Gasteiger partial charge in [0.1, 0.15) is 0 Å². The van der Waals surface area contributed by atoms with Crippen molar-refractivity contribution >= 4 is 11.3 Å². The van der Waals surface area contributed by atoms with Crippen molar-refractivity contribution in [1.82, 2.24) is 10.3 Å². The Labute approximate surface area is 100 Å². The van der Waals surface area contributed by atoms with Gasteiger partial charge in [-0.3, -0.25) is 0 Å². The molecule has 2 rings (SSSR count). The third-order valence-corrected chi connectivity index (χ3v) is 3.74. The van der Waals surface area contributed by atoms with Crippen LogP contribution < -0.4 is 5.32 Å². The molecule has 1 N–H and O–H groups in total. The molecule has 0 aliphatic carbocycles. The minimum absolute atomic E-state index is 0.368. The number of rotatable bonds is 4. The second-order valence-corrected chi connectivity index (χ2v) is 4.78. The summed E-state index contributed by atoms with van der Waals surface area (Å²) in [5.41, 5.74) is 4.36. The fourth-order valence-electron chi connectivity index (χ4n) is 1.69. The molecule has 0 saturated heterocycles. The van der Waals surface area contributed by atoms with Crippen molar-refractivity contribution in [1.29, 1.82) is 0 Å². The summed E-state index contributed by atoms with van der Waals surface area (Å²) in [6, 6.07) is 10.8. The number of hydrogen-bond acceptors (Lipinski definition) is 3. The van der Waals surface area contributed by atoms with Gasteiger partial charge in [-0.2, -0.15) is 0 Å². The third-order valence-electron chi connectivity index (χ3n) is 2.63. The second-order valence-electron chi connectivity index (χ2n) is 3.89. The minimum atomic E-state index is 0.368. The average molecular weight is 232 g/mol. The molecule has 0 bridgehead atoms. The van der Waals surface area contributed by atoms with Gasteiger partial charge in [0.25, 0.3) is 0 Å². The van der Waals surface area contributed by atoms with E-state index < -0.39 is 0 Å². The molecule has 0 amide bonds. The zero-order chi connectivity index (χ0) is 11.4. The van der Waals surface area contributed by atoms with E-state index in [1.54, 1.807) is 11.3 Å². The highest BCUT2D eigenvalue weighted by Gasteiger charge is 2.09. The van der Waals surface area contributed by atoms with Crippen molar-refractivity contribution in [3.05, 3.63) is 52.0 Å². The Kier molecular flexibility index (Phi) is 3.70. The Hall–Kier alpha value is -1.19. The summed E-state index contributed by atoms with van der Waals surface area (Å²) >= 11 is 1.72. The lowest BCUT2D eigenvalue weighted by Crippen LogP contribution is -2.17. The lowest BCUT2D eigenvalue weighted by molar-refractivity contribution is 0.579. The number of benzene rings is 1. The van der Waals surface area contributed by atoms with Gasteiger partial charge in [0.2, 0.25) is 0 Å². The summed E-state index contributed by atoms with van der Waals surface area (Å²) in [6.45, 7) is 5.15. The van der Waals surface area contributed by atoms with Gasteiger partial charge in [-0.05, 0) is 19.4 Å². The average Bonchev–Trinajstić information content (AvgIpc) is 2.74. The van der Waals surface area contributed by atoms with E-state index in [1.807, 2.05) is 11.6 Å². The lowest BCUT2D eigenvalue weighted by Gasteiger charge is -2.12. The Balaban J connectivity index is 1.94. The van der Waals surface area contributed by atoms with Crippen LogP contribution in [-0.4, -0.2) is 4.98 Å². The van der Waals surface area contributed by atoms with E-state index in [0.29, 0.717) is 6.04 Å². The van der Waals surface area contributed by atoms with Crippen LogP contribution in [0.1, 0.15) is 29.1 Å². The number of nitrogens with one attached hydrogen (secondary N) is 1. The number of nitrogens with zero attached hydrogens (tertiary/aromatic N) is 1. The van der Waals surface area contributed by atoms with Crippen molar-refractivity contribution in [2.24, 2.45) is 0 Å². The predicted octanol–water partition coefficient (Wildman–Crippen LogP) is 3.30. The van der Waals surface area contributed by atoms with Crippen LogP contribution in [0.5, 0.6) is 0 Å². The quantitative estimate of drug-likeness (QED) is 0.875. The van der Waals surface area contributed by atoms with E-state index in [0.717, 1.165) is 12.2 Å². The largest absolute Gasteiger partial charge is 0.305 e. The smallest absolute Gasteiger partial charge is 0.0798 e. The maximum atomic E-state index is 4.27. The normalized spacial score (nSPS) is 12.6. The zero-order valence-electron chi connectivity index (χ0n) is 9.60. The predicted molar refractivity (Wildman–Crippen MR) is 68.5 cm³/mol. The molecule has 3 heteroatoms. The second kappa shape index (κ2) is 5.23. The summed E-state index contributed by atoms with van der Waals surface area (Å²) in [4.78, 5) is 5.60. The number of aryl methyl sites for hydroxylation is 1. The standard InChI is InChI=1S/C13H16N2S/c1-10(13-11(2)15-9-16-13)14-8-12-6-4-3-5-7-12/h3-7,9-10,14H,8H2,1-2H3. The third kappa shape index (κ3) is 2.68. The van der Waals surface area contributed by atoms with Gasteiger partial charge >= 0.3 is 0 Å². The zero-order valence-corrected chi connectivity index (χ0v) is 10.4. The topological polar surface area (TPSA) is 24.9 Å². The van der Waals surface area contributed by atoms with Gasteiger partial charge in [-0.15, -0.1) is 11.3 Å². The molecule has 84 valence electrons. The van der Waals surface area contributed by atoms with E-state index in [-0.39, 0.29) is 0 Å². The first-order valence-electron chi connectivity index (χ1n) is 5.44. The van der Waals surface area contributed by atoms with E-state index in [2.05, 4.69) is 48.4 Å². The van der Waals surface area contributed by atoms with Gasteiger partial charge in [0, 0.05) is 17.5 Å². The molecule has 0 aliphatic rings. The lowest BCUT2D eigenvalue weighted by atomic mass is 10.2. The molecular formula is C13H16N2S. The minimum Gasteiger partial charge on any atom is -0.305 e. The molecule has 2 aromatic rings. The van der Waals surface area contributed by atoms with Crippen molar-refractivity contribution in [2.45, 2.75) is 26.4 Å². The molecule has 0 radical (unpaired) electrons. The molecule has 1 unspecified atom stereocenters. The number of hydrogen-bond donors (Lipinski definition) is 1. The Morgan fingerprint density at radius 3 is 2.69 bits per heavy atom. The molecule has 1 atom stereocenters. The van der Waals surface area contributed by atoms with Gasteiger partial charge in [-0.25, -0.2) is 4.98 Å². The van der Waals surface area contributed by atoms with Crippen LogP contribution in [0, 0.1) is 6.92 Å². The van der Waals surface area contributed by atoms with Crippen molar-refractivity contribution < 1.29 is 0 Å². The van der Waals surface area contributed by atoms with Crippen LogP contribution in [0.4, 0.5) is 0 Å². The maximum Gasteiger partial charge on any atom is 0.0798 e. The van der Waals surface area contributed by atoms with Gasteiger partial charge in [-0.1, -0.05) is 30.3 Å². The highest BCUT2D eigenvalue weighted by molar-refractivity contribution is 7.09. The summed E-state index contributed by atoms with van der Waals surface area (Å²) in [6.07, 6.45) is 0. The van der Waals surface area contributed by atoms with Crippen LogP contribution >= 0.6 is 11.3 Å². The first-order chi connectivity index (χ1) is 7.77. The number of thiazole rings is 1. The Morgan fingerprint density at radius 2 is 2.06 bits per heavy atom. The highest BCUT2D eigenvalue weighted by Crippen LogP contribution is 2.21. The van der Waals surface area contributed by atoms with E-state index in [9.17, 15) is 0 Å². The maximum absolute atomic E-state index is 4.27. The first-order valence-corrected chi connectivity index (χ1v) is 6.32. The molecule has 1 heterocycles.